The molecule has 0 aliphatic rings. The third-order valence-corrected chi connectivity index (χ3v) is 4.06. The number of hydrogen-bond acceptors (Lipinski definition) is 4. The Balaban J connectivity index is 2.06. The molecule has 2 N–H and O–H groups in total. The van der Waals surface area contributed by atoms with E-state index >= 15 is 0 Å². The fourth-order valence-corrected chi connectivity index (χ4v) is 2.83. The number of ether oxygens (including phenoxy) is 2. The maximum atomic E-state index is 5.42. The molecule has 0 saturated carbocycles. The van der Waals surface area contributed by atoms with Gasteiger partial charge in [-0.2, -0.15) is 0 Å². The summed E-state index contributed by atoms with van der Waals surface area (Å²) in [5.41, 5.74) is 0. The molecule has 0 fully saturated rings. The van der Waals surface area contributed by atoms with Gasteiger partial charge in [-0.3, -0.25) is 4.99 Å². The van der Waals surface area contributed by atoms with Crippen molar-refractivity contribution in [3.63, 3.8) is 0 Å². The van der Waals surface area contributed by atoms with Crippen LogP contribution in [0, 0.1) is 5.92 Å². The summed E-state index contributed by atoms with van der Waals surface area (Å²) in [7, 11) is 3.48. The molecule has 0 spiro atoms. The molecule has 0 saturated heterocycles. The van der Waals surface area contributed by atoms with Gasteiger partial charge < -0.3 is 20.1 Å². The van der Waals surface area contributed by atoms with Gasteiger partial charge in [0.2, 0.25) is 0 Å². The molecular weight excluding hydrogens is 298 g/mol. The zero-order valence-corrected chi connectivity index (χ0v) is 14.7. The molecule has 0 amide bonds. The van der Waals surface area contributed by atoms with E-state index < -0.39 is 0 Å². The van der Waals surface area contributed by atoms with Crippen LogP contribution in [-0.4, -0.2) is 53.0 Å². The number of hydrogen-bond donors (Lipinski definition) is 2. The standard InChI is InChI=1S/C16H29N3O2S/c1-14(12-15-6-4-11-22-15)13-19-16(17-2)18-7-5-8-21-10-9-20-3/h4,6,11,14H,5,7-10,12-13H2,1-3H3,(H2,17,18,19). The van der Waals surface area contributed by atoms with E-state index in [4.69, 9.17) is 9.47 Å². The van der Waals surface area contributed by atoms with Gasteiger partial charge in [-0.05, 0) is 30.2 Å². The summed E-state index contributed by atoms with van der Waals surface area (Å²) in [5, 5.41) is 8.81. The number of methoxy groups -OCH3 is 1. The second-order valence-electron chi connectivity index (χ2n) is 5.23. The lowest BCUT2D eigenvalue weighted by molar-refractivity contribution is 0.0698. The number of rotatable bonds is 11. The lowest BCUT2D eigenvalue weighted by atomic mass is 10.1. The van der Waals surface area contributed by atoms with Crippen molar-refractivity contribution in [1.29, 1.82) is 0 Å². The van der Waals surface area contributed by atoms with E-state index in [1.807, 2.05) is 11.3 Å². The molecule has 1 heterocycles. The summed E-state index contributed by atoms with van der Waals surface area (Å²) in [5.74, 6) is 1.43. The molecule has 0 aliphatic heterocycles. The van der Waals surface area contributed by atoms with Crippen molar-refractivity contribution in [2.24, 2.45) is 10.9 Å². The molecular formula is C16H29N3O2S. The van der Waals surface area contributed by atoms with Gasteiger partial charge in [0.15, 0.2) is 5.96 Å². The summed E-state index contributed by atoms with van der Waals surface area (Å²) in [6, 6.07) is 4.30. The molecule has 1 aromatic rings. The molecule has 22 heavy (non-hydrogen) atoms. The quantitative estimate of drug-likeness (QED) is 0.371. The SMILES string of the molecule is CN=C(NCCCOCCOC)NCC(C)Cc1cccs1. The second kappa shape index (κ2) is 12.4. The van der Waals surface area contributed by atoms with Crippen LogP contribution < -0.4 is 10.6 Å². The van der Waals surface area contributed by atoms with Crippen LogP contribution in [0.4, 0.5) is 0 Å². The van der Waals surface area contributed by atoms with E-state index in [0.29, 0.717) is 19.1 Å². The Kier molecular flexibility index (Phi) is 10.7. The van der Waals surface area contributed by atoms with Gasteiger partial charge in [-0.15, -0.1) is 11.3 Å². The molecule has 1 aromatic heterocycles. The first-order valence-electron chi connectivity index (χ1n) is 7.79. The molecule has 0 radical (unpaired) electrons. The highest BCUT2D eigenvalue weighted by Crippen LogP contribution is 2.13. The summed E-state index contributed by atoms with van der Waals surface area (Å²) < 4.78 is 10.3. The minimum Gasteiger partial charge on any atom is -0.382 e. The van der Waals surface area contributed by atoms with Gasteiger partial charge in [0.1, 0.15) is 0 Å². The van der Waals surface area contributed by atoms with Gasteiger partial charge in [0.05, 0.1) is 13.2 Å². The lowest BCUT2D eigenvalue weighted by Gasteiger charge is -2.15. The molecule has 1 rings (SSSR count). The molecule has 5 nitrogen and oxygen atoms in total. The van der Waals surface area contributed by atoms with Crippen LogP contribution in [0.2, 0.25) is 0 Å². The van der Waals surface area contributed by atoms with E-state index in [0.717, 1.165) is 38.5 Å². The second-order valence-corrected chi connectivity index (χ2v) is 6.26. The predicted octanol–water partition coefficient (Wildman–Crippen LogP) is 2.14. The van der Waals surface area contributed by atoms with Crippen molar-refractivity contribution in [3.8, 4) is 0 Å². The first-order chi connectivity index (χ1) is 10.8. The van der Waals surface area contributed by atoms with Gasteiger partial charge in [-0.25, -0.2) is 0 Å². The van der Waals surface area contributed by atoms with Gasteiger partial charge in [-0.1, -0.05) is 13.0 Å². The Hall–Kier alpha value is -1.11. The van der Waals surface area contributed by atoms with Crippen LogP contribution in [0.25, 0.3) is 0 Å². The van der Waals surface area contributed by atoms with Gasteiger partial charge in [0.25, 0.3) is 0 Å². The van der Waals surface area contributed by atoms with Crippen LogP contribution in [0.15, 0.2) is 22.5 Å². The van der Waals surface area contributed by atoms with Crippen molar-refractivity contribution >= 4 is 17.3 Å². The number of aliphatic imine (C=N–C) groups is 1. The largest absolute Gasteiger partial charge is 0.382 e. The van der Waals surface area contributed by atoms with Crippen LogP contribution in [0.1, 0.15) is 18.2 Å². The third-order valence-electron chi connectivity index (χ3n) is 3.16. The van der Waals surface area contributed by atoms with Crippen LogP contribution in [-0.2, 0) is 15.9 Å². The number of nitrogens with one attached hydrogen (secondary N) is 2. The van der Waals surface area contributed by atoms with Crippen molar-refractivity contribution in [2.75, 3.05) is 47.1 Å². The molecule has 126 valence electrons. The Bertz CT molecular complexity index is 396. The fraction of sp³-hybridized carbons (Fsp3) is 0.688. The molecule has 0 aromatic carbocycles. The Morgan fingerprint density at radius 3 is 2.86 bits per heavy atom. The summed E-state index contributed by atoms with van der Waals surface area (Å²) in [6.45, 7) is 6.07. The zero-order chi connectivity index (χ0) is 16.0. The van der Waals surface area contributed by atoms with Crippen molar-refractivity contribution in [3.05, 3.63) is 22.4 Å². The fourth-order valence-electron chi connectivity index (χ4n) is 1.96. The van der Waals surface area contributed by atoms with Gasteiger partial charge >= 0.3 is 0 Å². The average Bonchev–Trinajstić information content (AvgIpc) is 3.02. The summed E-state index contributed by atoms with van der Waals surface area (Å²) in [6.07, 6.45) is 2.06. The van der Waals surface area contributed by atoms with Crippen molar-refractivity contribution in [2.45, 2.75) is 19.8 Å². The monoisotopic (exact) mass is 327 g/mol. The van der Waals surface area contributed by atoms with E-state index in [-0.39, 0.29) is 0 Å². The number of thiophene rings is 1. The highest BCUT2D eigenvalue weighted by atomic mass is 32.1. The maximum absolute atomic E-state index is 5.42. The minimum atomic E-state index is 0.578. The van der Waals surface area contributed by atoms with Crippen molar-refractivity contribution < 1.29 is 9.47 Å². The summed E-state index contributed by atoms with van der Waals surface area (Å²) in [4.78, 5) is 5.68. The first kappa shape index (κ1) is 18.9. The van der Waals surface area contributed by atoms with Crippen LogP contribution >= 0.6 is 11.3 Å². The number of nitrogens with zero attached hydrogens (tertiary/aromatic N) is 1. The average molecular weight is 327 g/mol. The Morgan fingerprint density at radius 1 is 1.32 bits per heavy atom. The number of guanidine groups is 1. The smallest absolute Gasteiger partial charge is 0.190 e. The van der Waals surface area contributed by atoms with Gasteiger partial charge in [0, 0.05) is 38.7 Å². The maximum Gasteiger partial charge on any atom is 0.190 e. The lowest BCUT2D eigenvalue weighted by Crippen LogP contribution is -2.40. The minimum absolute atomic E-state index is 0.578. The molecule has 1 unspecified atom stereocenters. The van der Waals surface area contributed by atoms with Crippen molar-refractivity contribution in [1.82, 2.24) is 10.6 Å². The normalized spacial score (nSPS) is 13.1. The Morgan fingerprint density at radius 2 is 2.18 bits per heavy atom. The van der Waals surface area contributed by atoms with E-state index in [1.54, 1.807) is 14.2 Å². The Labute approximate surface area is 138 Å². The highest BCUT2D eigenvalue weighted by molar-refractivity contribution is 7.09. The molecule has 0 aliphatic carbocycles. The molecule has 6 heteroatoms. The first-order valence-corrected chi connectivity index (χ1v) is 8.67. The third kappa shape index (κ3) is 9.02. The van der Waals surface area contributed by atoms with E-state index in [1.165, 1.54) is 4.88 Å². The topological polar surface area (TPSA) is 54.9 Å². The zero-order valence-electron chi connectivity index (χ0n) is 13.9. The molecule has 0 bridgehead atoms. The molecule has 1 atom stereocenters. The van der Waals surface area contributed by atoms with Crippen LogP contribution in [0.5, 0.6) is 0 Å². The highest BCUT2D eigenvalue weighted by Gasteiger charge is 2.05. The van der Waals surface area contributed by atoms with E-state index in [2.05, 4.69) is 40.1 Å². The van der Waals surface area contributed by atoms with E-state index in [9.17, 15) is 0 Å². The van der Waals surface area contributed by atoms with Crippen LogP contribution in [0.3, 0.4) is 0 Å². The predicted molar refractivity (Wildman–Crippen MR) is 93.9 cm³/mol. The summed E-state index contributed by atoms with van der Waals surface area (Å²) >= 11 is 1.82.